The summed E-state index contributed by atoms with van der Waals surface area (Å²) in [5, 5.41) is 0.626. The largest absolute Gasteiger partial charge is 0.269 e. The van der Waals surface area contributed by atoms with E-state index in [2.05, 4.69) is 15.8 Å². The molecular weight excluding hydrogens is 290 g/mol. The Labute approximate surface area is 126 Å². The van der Waals surface area contributed by atoms with Crippen LogP contribution in [0.15, 0.2) is 54.9 Å². The van der Waals surface area contributed by atoms with Crippen LogP contribution in [0.1, 0.15) is 15.9 Å². The van der Waals surface area contributed by atoms with E-state index in [9.17, 15) is 9.59 Å². The number of halogens is 1. The normalized spacial score (nSPS) is 10.3. The zero-order valence-electron chi connectivity index (χ0n) is 10.9. The van der Waals surface area contributed by atoms with Gasteiger partial charge in [0.05, 0.1) is 0 Å². The fourth-order valence-electron chi connectivity index (χ4n) is 1.48. The third-order valence-electron chi connectivity index (χ3n) is 2.54. The number of nitrogens with one attached hydrogen (secondary N) is 2. The predicted molar refractivity (Wildman–Crippen MR) is 80.3 cm³/mol. The molecule has 0 bridgehead atoms. The van der Waals surface area contributed by atoms with E-state index < -0.39 is 11.8 Å². The van der Waals surface area contributed by atoms with Crippen molar-refractivity contribution in [1.82, 2.24) is 15.8 Å². The molecular formula is C15H12ClN3O2. The molecule has 0 spiro atoms. The molecule has 0 saturated heterocycles. The summed E-state index contributed by atoms with van der Waals surface area (Å²) < 4.78 is 0. The van der Waals surface area contributed by atoms with Gasteiger partial charge in [-0.2, -0.15) is 0 Å². The molecule has 1 aromatic heterocycles. The van der Waals surface area contributed by atoms with Gasteiger partial charge in [-0.05, 0) is 35.9 Å². The van der Waals surface area contributed by atoms with Crippen LogP contribution in [0, 0.1) is 0 Å². The molecule has 0 aliphatic rings. The molecule has 21 heavy (non-hydrogen) atoms. The number of carbonyl (C=O) groups is 2. The van der Waals surface area contributed by atoms with Crippen molar-refractivity contribution in [3.05, 3.63) is 71.0 Å². The highest BCUT2D eigenvalue weighted by molar-refractivity contribution is 6.30. The molecule has 1 heterocycles. The SMILES string of the molecule is O=C(C=Cc1ccc(Cl)cc1)NNC(=O)c1ccncc1. The molecule has 2 N–H and O–H groups in total. The van der Waals surface area contributed by atoms with Crippen molar-refractivity contribution in [2.45, 2.75) is 0 Å². The minimum Gasteiger partial charge on any atom is -0.268 e. The molecule has 0 radical (unpaired) electrons. The average molecular weight is 302 g/mol. The van der Waals surface area contributed by atoms with Crippen LogP contribution in [0.2, 0.25) is 5.02 Å². The molecule has 0 aliphatic carbocycles. The van der Waals surface area contributed by atoms with E-state index in [0.29, 0.717) is 10.6 Å². The number of rotatable bonds is 3. The zero-order chi connectivity index (χ0) is 15.1. The number of hydrogen-bond acceptors (Lipinski definition) is 3. The van der Waals surface area contributed by atoms with Crippen molar-refractivity contribution in [1.29, 1.82) is 0 Å². The number of aromatic nitrogens is 1. The van der Waals surface area contributed by atoms with Crippen LogP contribution in [0.4, 0.5) is 0 Å². The van der Waals surface area contributed by atoms with Gasteiger partial charge >= 0.3 is 0 Å². The van der Waals surface area contributed by atoms with Gasteiger partial charge in [0.1, 0.15) is 0 Å². The van der Waals surface area contributed by atoms with Crippen LogP contribution in [-0.4, -0.2) is 16.8 Å². The minimum absolute atomic E-state index is 0.409. The predicted octanol–water partition coefficient (Wildman–Crippen LogP) is 2.21. The van der Waals surface area contributed by atoms with E-state index >= 15 is 0 Å². The topological polar surface area (TPSA) is 71.1 Å². The Morgan fingerprint density at radius 1 is 1.00 bits per heavy atom. The fourth-order valence-corrected chi connectivity index (χ4v) is 1.61. The maximum Gasteiger partial charge on any atom is 0.269 e. The summed E-state index contributed by atoms with van der Waals surface area (Å²) in [7, 11) is 0. The van der Waals surface area contributed by atoms with Gasteiger partial charge in [0.25, 0.3) is 11.8 Å². The lowest BCUT2D eigenvalue weighted by Crippen LogP contribution is -2.40. The lowest BCUT2D eigenvalue weighted by atomic mass is 10.2. The lowest BCUT2D eigenvalue weighted by molar-refractivity contribution is -0.117. The average Bonchev–Trinajstić information content (AvgIpc) is 2.53. The second-order valence-electron chi connectivity index (χ2n) is 4.06. The molecule has 0 atom stereocenters. The number of hydrazine groups is 1. The third kappa shape index (κ3) is 4.74. The van der Waals surface area contributed by atoms with Gasteiger partial charge < -0.3 is 0 Å². The molecule has 2 rings (SSSR count). The molecule has 2 amide bonds. The molecule has 0 saturated carbocycles. The Morgan fingerprint density at radius 2 is 1.67 bits per heavy atom. The standard InChI is InChI=1S/C15H12ClN3O2/c16-13-4-1-11(2-5-13)3-6-14(20)18-19-15(21)12-7-9-17-10-8-12/h1-10H,(H,18,20)(H,19,21). The maximum atomic E-state index is 11.7. The summed E-state index contributed by atoms with van der Waals surface area (Å²) in [4.78, 5) is 27.0. The number of carbonyl (C=O) groups excluding carboxylic acids is 2. The molecule has 6 heteroatoms. The Balaban J connectivity index is 1.85. The first-order valence-corrected chi connectivity index (χ1v) is 6.47. The molecule has 5 nitrogen and oxygen atoms in total. The van der Waals surface area contributed by atoms with E-state index in [4.69, 9.17) is 11.6 Å². The number of nitrogens with zero attached hydrogens (tertiary/aromatic N) is 1. The van der Waals surface area contributed by atoms with Crippen LogP contribution in [0.5, 0.6) is 0 Å². The Hall–Kier alpha value is -2.66. The van der Waals surface area contributed by atoms with Gasteiger partial charge in [0, 0.05) is 29.1 Å². The molecule has 2 aromatic rings. The van der Waals surface area contributed by atoms with Gasteiger partial charge in [-0.15, -0.1) is 0 Å². The smallest absolute Gasteiger partial charge is 0.268 e. The first-order chi connectivity index (χ1) is 10.1. The Kier molecular flexibility index (Phi) is 5.06. The lowest BCUT2D eigenvalue weighted by Gasteiger charge is -2.04. The van der Waals surface area contributed by atoms with Crippen molar-refractivity contribution in [3.63, 3.8) is 0 Å². The van der Waals surface area contributed by atoms with E-state index in [0.717, 1.165) is 5.56 Å². The van der Waals surface area contributed by atoms with Gasteiger partial charge in [0.2, 0.25) is 0 Å². The van der Waals surface area contributed by atoms with Crippen molar-refractivity contribution >= 4 is 29.5 Å². The van der Waals surface area contributed by atoms with E-state index in [1.165, 1.54) is 18.5 Å². The Morgan fingerprint density at radius 3 is 2.33 bits per heavy atom. The van der Waals surface area contributed by atoms with Crippen molar-refractivity contribution in [2.75, 3.05) is 0 Å². The summed E-state index contributed by atoms with van der Waals surface area (Å²) in [6.45, 7) is 0. The minimum atomic E-state index is -0.438. The molecule has 0 unspecified atom stereocenters. The Bertz CT molecular complexity index is 654. The highest BCUT2D eigenvalue weighted by Gasteiger charge is 2.04. The number of amides is 2. The van der Waals surface area contributed by atoms with Crippen LogP contribution < -0.4 is 10.9 Å². The van der Waals surface area contributed by atoms with Crippen LogP contribution >= 0.6 is 11.6 Å². The van der Waals surface area contributed by atoms with Crippen LogP contribution in [-0.2, 0) is 4.79 Å². The summed E-state index contributed by atoms with van der Waals surface area (Å²) in [6, 6.07) is 10.1. The van der Waals surface area contributed by atoms with Crippen molar-refractivity contribution < 1.29 is 9.59 Å². The first-order valence-electron chi connectivity index (χ1n) is 6.09. The molecule has 0 aliphatic heterocycles. The number of pyridine rings is 1. The second kappa shape index (κ2) is 7.21. The quantitative estimate of drug-likeness (QED) is 0.674. The van der Waals surface area contributed by atoms with E-state index in [1.54, 1.807) is 42.5 Å². The van der Waals surface area contributed by atoms with E-state index in [1.807, 2.05) is 0 Å². The number of benzene rings is 1. The van der Waals surface area contributed by atoms with Crippen LogP contribution in [0.3, 0.4) is 0 Å². The zero-order valence-corrected chi connectivity index (χ0v) is 11.7. The van der Waals surface area contributed by atoms with E-state index in [-0.39, 0.29) is 0 Å². The van der Waals surface area contributed by atoms with Gasteiger partial charge in [-0.1, -0.05) is 23.7 Å². The summed E-state index contributed by atoms with van der Waals surface area (Å²) in [5.41, 5.74) is 5.83. The van der Waals surface area contributed by atoms with Gasteiger partial charge in [-0.3, -0.25) is 25.4 Å². The highest BCUT2D eigenvalue weighted by Crippen LogP contribution is 2.10. The van der Waals surface area contributed by atoms with Gasteiger partial charge in [0.15, 0.2) is 0 Å². The number of hydrogen-bond donors (Lipinski definition) is 2. The summed E-state index contributed by atoms with van der Waals surface area (Å²) in [6.07, 6.45) is 5.93. The third-order valence-corrected chi connectivity index (χ3v) is 2.79. The fraction of sp³-hybridized carbons (Fsp3) is 0. The highest BCUT2D eigenvalue weighted by atomic mass is 35.5. The summed E-state index contributed by atoms with van der Waals surface area (Å²) in [5.74, 6) is -0.849. The second-order valence-corrected chi connectivity index (χ2v) is 4.50. The molecule has 1 aromatic carbocycles. The maximum absolute atomic E-state index is 11.7. The first kappa shape index (κ1) is 14.7. The van der Waals surface area contributed by atoms with Crippen molar-refractivity contribution in [3.8, 4) is 0 Å². The monoisotopic (exact) mass is 301 g/mol. The van der Waals surface area contributed by atoms with Gasteiger partial charge in [-0.25, -0.2) is 0 Å². The molecule has 0 fully saturated rings. The molecule has 106 valence electrons. The van der Waals surface area contributed by atoms with Crippen molar-refractivity contribution in [2.24, 2.45) is 0 Å². The summed E-state index contributed by atoms with van der Waals surface area (Å²) >= 11 is 5.76. The van der Waals surface area contributed by atoms with Crippen LogP contribution in [0.25, 0.3) is 6.08 Å².